The largest absolute Gasteiger partial charge is 0.508 e. The molecule has 0 aromatic rings. The lowest BCUT2D eigenvalue weighted by atomic mass is 10.3. The standard InChI is InChI=1S/C9H9F7O6/c10-7(9(14,15)16,22-20-4-8(11,12)13)3-18-1-5-2-19-6(17)21-5/h5H,1-4H2. The zero-order valence-corrected chi connectivity index (χ0v) is 10.5. The highest BCUT2D eigenvalue weighted by molar-refractivity contribution is 5.61. The molecule has 0 bridgehead atoms. The van der Waals surface area contributed by atoms with Crippen molar-refractivity contribution < 1.29 is 59.5 Å². The van der Waals surface area contributed by atoms with Gasteiger partial charge in [0.25, 0.3) is 0 Å². The molecule has 0 radical (unpaired) electrons. The predicted octanol–water partition coefficient (Wildman–Crippen LogP) is 2.28. The number of hydrogen-bond donors (Lipinski definition) is 0. The van der Waals surface area contributed by atoms with Crippen LogP contribution in [-0.2, 0) is 24.0 Å². The molecule has 1 aliphatic rings. The maximum atomic E-state index is 13.5. The number of rotatable bonds is 7. The Hall–Kier alpha value is -1.34. The first-order valence-corrected chi connectivity index (χ1v) is 5.47. The van der Waals surface area contributed by atoms with Crippen LogP contribution in [0.25, 0.3) is 0 Å². The highest BCUT2D eigenvalue weighted by atomic mass is 19.4. The van der Waals surface area contributed by atoms with Crippen LogP contribution in [0.3, 0.4) is 0 Å². The fourth-order valence-electron chi connectivity index (χ4n) is 1.11. The SMILES string of the molecule is O=C1OCC(COCC(F)(OOCC(F)(F)F)C(F)(F)F)O1. The third-order valence-corrected chi connectivity index (χ3v) is 2.08. The average molecular weight is 346 g/mol. The summed E-state index contributed by atoms with van der Waals surface area (Å²) < 4.78 is 98.9. The molecule has 130 valence electrons. The van der Waals surface area contributed by atoms with E-state index in [0.717, 1.165) is 0 Å². The van der Waals surface area contributed by atoms with Crippen LogP contribution in [0.15, 0.2) is 0 Å². The summed E-state index contributed by atoms with van der Waals surface area (Å²) >= 11 is 0. The summed E-state index contributed by atoms with van der Waals surface area (Å²) in [6.07, 6.45) is -12.9. The number of halogens is 7. The molecule has 0 saturated carbocycles. The number of cyclic esters (lactones) is 2. The van der Waals surface area contributed by atoms with Gasteiger partial charge in [-0.05, 0) is 0 Å². The molecule has 1 aliphatic heterocycles. The Morgan fingerprint density at radius 2 is 1.73 bits per heavy atom. The predicted molar refractivity (Wildman–Crippen MR) is 50.0 cm³/mol. The van der Waals surface area contributed by atoms with E-state index in [-0.39, 0.29) is 6.61 Å². The van der Waals surface area contributed by atoms with Gasteiger partial charge in [-0.3, -0.25) is 0 Å². The van der Waals surface area contributed by atoms with E-state index in [1.807, 2.05) is 0 Å². The number of hydrogen-bond acceptors (Lipinski definition) is 6. The minimum absolute atomic E-state index is 0.324. The third kappa shape index (κ3) is 5.81. The van der Waals surface area contributed by atoms with Crippen molar-refractivity contribution in [3.05, 3.63) is 0 Å². The van der Waals surface area contributed by atoms with Crippen molar-refractivity contribution in [3.8, 4) is 0 Å². The van der Waals surface area contributed by atoms with Crippen molar-refractivity contribution >= 4 is 6.16 Å². The highest BCUT2D eigenvalue weighted by Crippen LogP contribution is 2.36. The average Bonchev–Trinajstić information content (AvgIpc) is 2.72. The van der Waals surface area contributed by atoms with Crippen LogP contribution >= 0.6 is 0 Å². The van der Waals surface area contributed by atoms with E-state index in [1.165, 1.54) is 0 Å². The summed E-state index contributed by atoms with van der Waals surface area (Å²) in [5, 5.41) is 0. The molecule has 1 fully saturated rings. The summed E-state index contributed by atoms with van der Waals surface area (Å²) in [7, 11) is 0. The summed E-state index contributed by atoms with van der Waals surface area (Å²) in [5.74, 6) is -4.62. The Labute approximate surface area is 117 Å². The lowest BCUT2D eigenvalue weighted by molar-refractivity contribution is -0.481. The van der Waals surface area contributed by atoms with E-state index in [1.54, 1.807) is 0 Å². The molecule has 0 aromatic heterocycles. The second-order valence-electron chi connectivity index (χ2n) is 4.00. The Morgan fingerprint density at radius 3 is 2.18 bits per heavy atom. The van der Waals surface area contributed by atoms with Gasteiger partial charge >= 0.3 is 24.4 Å². The third-order valence-electron chi connectivity index (χ3n) is 2.08. The monoisotopic (exact) mass is 346 g/mol. The van der Waals surface area contributed by atoms with Crippen molar-refractivity contribution in [2.45, 2.75) is 24.3 Å². The van der Waals surface area contributed by atoms with Gasteiger partial charge in [0, 0.05) is 0 Å². The molecule has 0 aliphatic carbocycles. The van der Waals surface area contributed by atoms with Crippen LogP contribution in [0.2, 0.25) is 0 Å². The molecular formula is C9H9F7O6. The van der Waals surface area contributed by atoms with E-state index in [9.17, 15) is 35.5 Å². The number of carbonyl (C=O) groups excluding carboxylic acids is 1. The van der Waals surface area contributed by atoms with E-state index >= 15 is 0 Å². The molecule has 1 saturated heterocycles. The zero-order chi connectivity index (χ0) is 17.0. The van der Waals surface area contributed by atoms with Gasteiger partial charge in [-0.25, -0.2) is 9.68 Å². The fraction of sp³-hybridized carbons (Fsp3) is 0.889. The summed E-state index contributed by atoms with van der Waals surface area (Å²) in [5.41, 5.74) is 0. The second-order valence-corrected chi connectivity index (χ2v) is 4.00. The molecule has 6 nitrogen and oxygen atoms in total. The molecular weight excluding hydrogens is 337 g/mol. The van der Waals surface area contributed by atoms with Crippen LogP contribution in [0.5, 0.6) is 0 Å². The van der Waals surface area contributed by atoms with Gasteiger partial charge in [0.05, 0.1) is 6.61 Å². The summed E-state index contributed by atoms with van der Waals surface area (Å²) in [6, 6.07) is 0. The number of carbonyl (C=O) groups is 1. The van der Waals surface area contributed by atoms with Gasteiger partial charge in [0.1, 0.15) is 13.2 Å². The molecule has 0 amide bonds. The fourth-order valence-corrected chi connectivity index (χ4v) is 1.11. The van der Waals surface area contributed by atoms with E-state index in [2.05, 4.69) is 24.0 Å². The Kier molecular flexibility index (Phi) is 5.81. The topological polar surface area (TPSA) is 63.2 Å². The van der Waals surface area contributed by atoms with Crippen molar-refractivity contribution in [2.75, 3.05) is 26.4 Å². The highest BCUT2D eigenvalue weighted by Gasteiger charge is 2.60. The zero-order valence-electron chi connectivity index (χ0n) is 10.5. The minimum Gasteiger partial charge on any atom is -0.430 e. The van der Waals surface area contributed by atoms with Crippen molar-refractivity contribution in [3.63, 3.8) is 0 Å². The van der Waals surface area contributed by atoms with Crippen molar-refractivity contribution in [2.24, 2.45) is 0 Å². The molecule has 1 heterocycles. The number of alkyl halides is 7. The Morgan fingerprint density at radius 1 is 1.09 bits per heavy atom. The molecule has 2 atom stereocenters. The molecule has 0 spiro atoms. The van der Waals surface area contributed by atoms with Crippen molar-refractivity contribution in [1.29, 1.82) is 0 Å². The van der Waals surface area contributed by atoms with E-state index in [0.29, 0.717) is 0 Å². The first-order chi connectivity index (χ1) is 9.93. The maximum Gasteiger partial charge on any atom is 0.508 e. The number of ether oxygens (including phenoxy) is 3. The minimum atomic E-state index is -5.72. The van der Waals surface area contributed by atoms with Crippen LogP contribution in [0, 0.1) is 0 Å². The van der Waals surface area contributed by atoms with Crippen LogP contribution < -0.4 is 0 Å². The lowest BCUT2D eigenvalue weighted by Crippen LogP contribution is -2.48. The second kappa shape index (κ2) is 6.83. The van der Waals surface area contributed by atoms with Gasteiger partial charge in [-0.15, -0.1) is 0 Å². The summed E-state index contributed by atoms with van der Waals surface area (Å²) in [4.78, 5) is 16.9. The first-order valence-electron chi connectivity index (χ1n) is 5.47. The molecule has 1 rings (SSSR count). The molecule has 2 unspecified atom stereocenters. The van der Waals surface area contributed by atoms with Gasteiger partial charge in [-0.1, -0.05) is 0 Å². The van der Waals surface area contributed by atoms with Gasteiger partial charge in [-0.2, -0.15) is 35.6 Å². The van der Waals surface area contributed by atoms with Crippen molar-refractivity contribution in [1.82, 2.24) is 0 Å². The molecule has 13 heteroatoms. The van der Waals surface area contributed by atoms with Gasteiger partial charge in [0.2, 0.25) is 0 Å². The van der Waals surface area contributed by atoms with E-state index < -0.39 is 50.3 Å². The van der Waals surface area contributed by atoms with Gasteiger partial charge in [0.15, 0.2) is 12.7 Å². The molecule has 0 aromatic carbocycles. The van der Waals surface area contributed by atoms with E-state index in [4.69, 9.17) is 0 Å². The van der Waals surface area contributed by atoms with Crippen LogP contribution in [0.1, 0.15) is 0 Å². The molecule has 0 N–H and O–H groups in total. The molecule has 22 heavy (non-hydrogen) atoms. The first kappa shape index (κ1) is 18.7. The van der Waals surface area contributed by atoms with Crippen LogP contribution in [-0.4, -0.2) is 56.9 Å². The lowest BCUT2D eigenvalue weighted by Gasteiger charge is -2.26. The summed E-state index contributed by atoms with van der Waals surface area (Å²) in [6.45, 7) is -5.09. The van der Waals surface area contributed by atoms with Crippen LogP contribution in [0.4, 0.5) is 35.5 Å². The van der Waals surface area contributed by atoms with Gasteiger partial charge < -0.3 is 14.2 Å². The maximum absolute atomic E-state index is 13.5. The Balaban J connectivity index is 2.47. The normalized spacial score (nSPS) is 22.1. The Bertz CT molecular complexity index is 384. The smallest absolute Gasteiger partial charge is 0.430 e. The quantitative estimate of drug-likeness (QED) is 0.305.